The minimum atomic E-state index is -0.619. The number of ether oxygens (including phenoxy) is 1. The molecule has 0 fully saturated rings. The van der Waals surface area contributed by atoms with Crippen molar-refractivity contribution in [2.24, 2.45) is 0 Å². The van der Waals surface area contributed by atoms with Crippen LogP contribution in [0, 0.1) is 18.2 Å². The van der Waals surface area contributed by atoms with Crippen molar-refractivity contribution >= 4 is 6.29 Å². The average molecular weight is 208 g/mol. The molecule has 1 aromatic heterocycles. The first kappa shape index (κ1) is 11.1. The molecule has 0 aliphatic rings. The molecule has 0 aliphatic heterocycles. The molecule has 0 aromatic carbocycles. The number of carbonyl (C=O) groups excluding carboxylic acids is 1. The van der Waals surface area contributed by atoms with Crippen molar-refractivity contribution in [3.8, 4) is 18.4 Å². The Balaban J connectivity index is 2.70. The van der Waals surface area contributed by atoms with Crippen LogP contribution in [0.3, 0.4) is 0 Å². The van der Waals surface area contributed by atoms with Gasteiger partial charge in [-0.2, -0.15) is 4.98 Å². The van der Waals surface area contributed by atoms with Gasteiger partial charge in [0.2, 0.25) is 0 Å². The number of terminal acetylenes is 1. The molecule has 0 bridgehead atoms. The van der Waals surface area contributed by atoms with Crippen LogP contribution in [0.25, 0.3) is 0 Å². The summed E-state index contributed by atoms with van der Waals surface area (Å²) < 4.78 is 18.0. The fourth-order valence-corrected chi connectivity index (χ4v) is 0.877. The second-order valence-corrected chi connectivity index (χ2v) is 2.62. The van der Waals surface area contributed by atoms with E-state index in [2.05, 4.69) is 15.9 Å². The van der Waals surface area contributed by atoms with Crippen LogP contribution in [0.5, 0.6) is 6.01 Å². The molecular formula is C10H9FN2O2. The summed E-state index contributed by atoms with van der Waals surface area (Å²) in [7, 11) is 0. The van der Waals surface area contributed by atoms with E-state index in [0.717, 1.165) is 6.20 Å². The molecule has 0 saturated carbocycles. The summed E-state index contributed by atoms with van der Waals surface area (Å²) in [6, 6.07) is 0.0310. The van der Waals surface area contributed by atoms with Gasteiger partial charge in [0.15, 0.2) is 5.82 Å². The molecule has 4 nitrogen and oxygen atoms in total. The number of hydrogen-bond acceptors (Lipinski definition) is 4. The molecule has 15 heavy (non-hydrogen) atoms. The van der Waals surface area contributed by atoms with Crippen LogP contribution in [0.1, 0.15) is 12.1 Å². The Hall–Kier alpha value is -1.96. The molecule has 0 N–H and O–H groups in total. The minimum Gasteiger partial charge on any atom is -0.462 e. The fourth-order valence-electron chi connectivity index (χ4n) is 0.877. The first-order valence-electron chi connectivity index (χ1n) is 4.29. The van der Waals surface area contributed by atoms with Gasteiger partial charge in [0.1, 0.15) is 12.9 Å². The molecule has 1 rings (SSSR count). The van der Waals surface area contributed by atoms with Gasteiger partial charge in [0.05, 0.1) is 11.9 Å². The molecule has 1 heterocycles. The molecular weight excluding hydrogens is 199 g/mol. The zero-order valence-electron chi connectivity index (χ0n) is 7.94. The minimum absolute atomic E-state index is 0.0238. The van der Waals surface area contributed by atoms with E-state index in [9.17, 15) is 9.18 Å². The van der Waals surface area contributed by atoms with Crippen LogP contribution in [0.4, 0.5) is 4.39 Å². The first-order valence-corrected chi connectivity index (χ1v) is 4.29. The maximum absolute atomic E-state index is 13.0. The predicted molar refractivity (Wildman–Crippen MR) is 50.7 cm³/mol. The lowest BCUT2D eigenvalue weighted by atomic mass is 10.3. The van der Waals surface area contributed by atoms with Gasteiger partial charge >= 0.3 is 6.01 Å². The van der Waals surface area contributed by atoms with E-state index in [4.69, 9.17) is 11.2 Å². The van der Waals surface area contributed by atoms with E-state index in [1.807, 2.05) is 0 Å². The van der Waals surface area contributed by atoms with Crippen LogP contribution >= 0.6 is 0 Å². The highest BCUT2D eigenvalue weighted by molar-refractivity contribution is 5.53. The molecule has 0 spiro atoms. The smallest absolute Gasteiger partial charge is 0.316 e. The van der Waals surface area contributed by atoms with Crippen LogP contribution in [-0.2, 0) is 11.2 Å². The Labute approximate surface area is 86.5 Å². The monoisotopic (exact) mass is 208 g/mol. The van der Waals surface area contributed by atoms with Crippen LogP contribution < -0.4 is 4.74 Å². The molecule has 0 radical (unpaired) electrons. The highest BCUT2D eigenvalue weighted by Gasteiger charge is 2.06. The molecule has 1 aromatic rings. The zero-order chi connectivity index (χ0) is 11.1. The van der Waals surface area contributed by atoms with E-state index in [0.29, 0.717) is 12.7 Å². The summed E-state index contributed by atoms with van der Waals surface area (Å²) in [5, 5.41) is 0. The highest BCUT2D eigenvalue weighted by Crippen LogP contribution is 2.08. The van der Waals surface area contributed by atoms with Crippen molar-refractivity contribution in [1.82, 2.24) is 9.97 Å². The molecule has 0 saturated heterocycles. The Morgan fingerprint density at radius 3 is 3.13 bits per heavy atom. The lowest BCUT2D eigenvalue weighted by Gasteiger charge is -2.03. The van der Waals surface area contributed by atoms with Crippen molar-refractivity contribution < 1.29 is 13.9 Å². The number of nitrogens with zero attached hydrogens (tertiary/aromatic N) is 2. The maximum atomic E-state index is 13.0. The summed E-state index contributed by atoms with van der Waals surface area (Å²) in [5.41, 5.74) is 0.0238. The summed E-state index contributed by atoms with van der Waals surface area (Å²) in [6.07, 6.45) is 6.88. The van der Waals surface area contributed by atoms with Crippen LogP contribution in [0.15, 0.2) is 6.20 Å². The topological polar surface area (TPSA) is 52.1 Å². The predicted octanol–water partition coefficient (Wildman–Crippen LogP) is 0.759. The van der Waals surface area contributed by atoms with Crippen LogP contribution in [0.2, 0.25) is 0 Å². The lowest BCUT2D eigenvalue weighted by molar-refractivity contribution is -0.107. The molecule has 0 unspecified atom stereocenters. The van der Waals surface area contributed by atoms with Gasteiger partial charge in [0, 0.05) is 12.8 Å². The number of carbonyl (C=O) groups is 1. The van der Waals surface area contributed by atoms with Gasteiger partial charge in [-0.1, -0.05) is 0 Å². The van der Waals surface area contributed by atoms with E-state index >= 15 is 0 Å². The Bertz CT molecular complexity index is 387. The van der Waals surface area contributed by atoms with E-state index in [1.165, 1.54) is 0 Å². The number of aromatic nitrogens is 2. The van der Waals surface area contributed by atoms with Gasteiger partial charge in [0.25, 0.3) is 0 Å². The standard InChI is InChI=1S/C10H9FN2O2/c1-2-3-6-15-10-12-7-8(11)9(13-10)4-5-14/h1,5,7H,3-4,6H2. The Kier molecular flexibility index (Phi) is 4.23. The van der Waals surface area contributed by atoms with Gasteiger partial charge in [-0.3, -0.25) is 0 Å². The highest BCUT2D eigenvalue weighted by atomic mass is 19.1. The van der Waals surface area contributed by atoms with Crippen molar-refractivity contribution in [2.45, 2.75) is 12.8 Å². The third-order valence-electron chi connectivity index (χ3n) is 1.55. The van der Waals surface area contributed by atoms with E-state index in [-0.39, 0.29) is 24.7 Å². The number of hydrogen-bond donors (Lipinski definition) is 0. The summed E-state index contributed by atoms with van der Waals surface area (Å²) in [6.45, 7) is 0.267. The summed E-state index contributed by atoms with van der Waals surface area (Å²) in [5.74, 6) is 1.76. The maximum Gasteiger partial charge on any atom is 0.316 e. The van der Waals surface area contributed by atoms with Crippen molar-refractivity contribution in [3.63, 3.8) is 0 Å². The third kappa shape index (κ3) is 3.35. The molecule has 0 amide bonds. The van der Waals surface area contributed by atoms with Crippen molar-refractivity contribution in [1.29, 1.82) is 0 Å². The van der Waals surface area contributed by atoms with Gasteiger partial charge < -0.3 is 9.53 Å². The number of halogens is 1. The Morgan fingerprint density at radius 1 is 1.67 bits per heavy atom. The average Bonchev–Trinajstić information content (AvgIpc) is 2.23. The van der Waals surface area contributed by atoms with Crippen molar-refractivity contribution in [3.05, 3.63) is 17.7 Å². The summed E-state index contributed by atoms with van der Waals surface area (Å²) in [4.78, 5) is 17.5. The fraction of sp³-hybridized carbons (Fsp3) is 0.300. The molecule has 5 heteroatoms. The van der Waals surface area contributed by atoms with Gasteiger partial charge in [-0.15, -0.1) is 12.3 Å². The Morgan fingerprint density at radius 2 is 2.47 bits per heavy atom. The molecule has 0 atom stereocenters. The first-order chi connectivity index (χ1) is 7.27. The number of rotatable bonds is 5. The van der Waals surface area contributed by atoms with Crippen LogP contribution in [-0.4, -0.2) is 22.9 Å². The third-order valence-corrected chi connectivity index (χ3v) is 1.55. The lowest BCUT2D eigenvalue weighted by Crippen LogP contribution is -2.04. The SMILES string of the molecule is C#CCCOc1ncc(F)c(CC=O)n1. The second-order valence-electron chi connectivity index (χ2n) is 2.62. The normalized spacial score (nSPS) is 9.33. The van der Waals surface area contributed by atoms with E-state index in [1.54, 1.807) is 0 Å². The van der Waals surface area contributed by atoms with Crippen molar-refractivity contribution in [2.75, 3.05) is 6.61 Å². The van der Waals surface area contributed by atoms with E-state index < -0.39 is 5.82 Å². The van der Waals surface area contributed by atoms with Gasteiger partial charge in [-0.25, -0.2) is 9.37 Å². The second kappa shape index (κ2) is 5.70. The largest absolute Gasteiger partial charge is 0.462 e. The zero-order valence-corrected chi connectivity index (χ0v) is 7.94. The quantitative estimate of drug-likeness (QED) is 0.407. The molecule has 78 valence electrons. The molecule has 0 aliphatic carbocycles. The van der Waals surface area contributed by atoms with Gasteiger partial charge in [-0.05, 0) is 0 Å². The number of aldehydes is 1. The summed E-state index contributed by atoms with van der Waals surface area (Å²) >= 11 is 0.